The second kappa shape index (κ2) is 7.42. The van der Waals surface area contributed by atoms with Gasteiger partial charge in [0, 0.05) is 31.5 Å². The Kier molecular flexibility index (Phi) is 5.30. The van der Waals surface area contributed by atoms with E-state index in [1.807, 2.05) is 17.0 Å². The lowest BCUT2D eigenvalue weighted by Crippen LogP contribution is -2.49. The second-order valence-corrected chi connectivity index (χ2v) is 7.06. The molecule has 7 heteroatoms. The number of hydrogen-bond donors (Lipinski definition) is 1. The molecule has 2 fully saturated rings. The number of ether oxygens (including phenoxy) is 2. The molecule has 1 aromatic rings. The predicted octanol–water partition coefficient (Wildman–Crippen LogP) is 1.40. The number of carbonyl (C=O) groups excluding carboxylic acids is 2. The van der Waals surface area contributed by atoms with Gasteiger partial charge in [-0.05, 0) is 25.0 Å². The standard InChI is InChI=1S/C16H22N2O4S/c1-11(19)17-9-12-4-5-15(23-12)16(20)18-6-8-22-14(10-18)13-3-2-7-21-13/h4-5,13-14H,2-3,6-10H2,1H3,(H,17,19)/t13-,14-/m0/s1. The maximum atomic E-state index is 12.7. The second-order valence-electron chi connectivity index (χ2n) is 5.89. The zero-order valence-electron chi connectivity index (χ0n) is 13.2. The van der Waals surface area contributed by atoms with Crippen molar-refractivity contribution in [3.05, 3.63) is 21.9 Å². The lowest BCUT2D eigenvalue weighted by molar-refractivity contribution is -0.119. The van der Waals surface area contributed by atoms with E-state index in [2.05, 4.69) is 5.32 Å². The Hall–Kier alpha value is -1.44. The Balaban J connectivity index is 1.59. The molecule has 0 spiro atoms. The minimum absolute atomic E-state index is 0.0194. The van der Waals surface area contributed by atoms with E-state index in [0.29, 0.717) is 31.1 Å². The SMILES string of the molecule is CC(=O)NCc1ccc(C(=O)N2CCO[C@H]([C@@H]3CCCO3)C2)s1. The number of nitrogens with zero attached hydrogens (tertiary/aromatic N) is 1. The van der Waals surface area contributed by atoms with Crippen molar-refractivity contribution in [3.63, 3.8) is 0 Å². The van der Waals surface area contributed by atoms with Crippen molar-refractivity contribution in [2.24, 2.45) is 0 Å². The number of morpholine rings is 1. The summed E-state index contributed by atoms with van der Waals surface area (Å²) in [5.41, 5.74) is 0. The van der Waals surface area contributed by atoms with Crippen molar-refractivity contribution >= 4 is 23.2 Å². The molecule has 3 heterocycles. The molecular weight excluding hydrogens is 316 g/mol. The molecule has 0 saturated carbocycles. The van der Waals surface area contributed by atoms with Crippen LogP contribution in [0.5, 0.6) is 0 Å². The quantitative estimate of drug-likeness (QED) is 0.901. The van der Waals surface area contributed by atoms with Gasteiger partial charge in [-0.25, -0.2) is 0 Å². The molecule has 2 aliphatic rings. The lowest BCUT2D eigenvalue weighted by Gasteiger charge is -2.35. The summed E-state index contributed by atoms with van der Waals surface area (Å²) in [6.45, 7) is 4.49. The first-order chi connectivity index (χ1) is 11.1. The summed E-state index contributed by atoms with van der Waals surface area (Å²) in [6, 6.07) is 3.73. The molecule has 2 atom stereocenters. The molecule has 6 nitrogen and oxygen atoms in total. The van der Waals surface area contributed by atoms with Crippen LogP contribution in [0.2, 0.25) is 0 Å². The van der Waals surface area contributed by atoms with Gasteiger partial charge in [0.15, 0.2) is 0 Å². The Morgan fingerprint density at radius 1 is 1.30 bits per heavy atom. The normalized spacial score (nSPS) is 24.7. The molecule has 23 heavy (non-hydrogen) atoms. The average Bonchev–Trinajstić information content (AvgIpc) is 3.24. The zero-order chi connectivity index (χ0) is 16.2. The van der Waals surface area contributed by atoms with Gasteiger partial charge in [0.05, 0.1) is 24.1 Å². The summed E-state index contributed by atoms with van der Waals surface area (Å²) >= 11 is 1.43. The van der Waals surface area contributed by atoms with Crippen molar-refractivity contribution in [1.82, 2.24) is 10.2 Å². The van der Waals surface area contributed by atoms with Crippen LogP contribution in [-0.4, -0.2) is 55.2 Å². The average molecular weight is 338 g/mol. The maximum Gasteiger partial charge on any atom is 0.264 e. The van der Waals surface area contributed by atoms with Gasteiger partial charge < -0.3 is 19.7 Å². The first kappa shape index (κ1) is 16.4. The van der Waals surface area contributed by atoms with Gasteiger partial charge in [-0.1, -0.05) is 0 Å². The third-order valence-corrected chi connectivity index (χ3v) is 5.22. The molecule has 126 valence electrons. The van der Waals surface area contributed by atoms with Crippen LogP contribution < -0.4 is 5.32 Å². The van der Waals surface area contributed by atoms with Crippen molar-refractivity contribution < 1.29 is 19.1 Å². The predicted molar refractivity (Wildman–Crippen MR) is 86.5 cm³/mol. The number of nitrogens with one attached hydrogen (secondary N) is 1. The third kappa shape index (κ3) is 4.10. The first-order valence-corrected chi connectivity index (χ1v) is 8.81. The van der Waals surface area contributed by atoms with Gasteiger partial charge in [0.25, 0.3) is 5.91 Å². The number of carbonyl (C=O) groups is 2. The fourth-order valence-electron chi connectivity index (χ4n) is 2.94. The summed E-state index contributed by atoms with van der Waals surface area (Å²) in [7, 11) is 0. The van der Waals surface area contributed by atoms with E-state index < -0.39 is 0 Å². The van der Waals surface area contributed by atoms with Crippen molar-refractivity contribution in [2.75, 3.05) is 26.3 Å². The summed E-state index contributed by atoms with van der Waals surface area (Å²) in [5.74, 6) is -0.0331. The van der Waals surface area contributed by atoms with E-state index in [9.17, 15) is 9.59 Å². The molecule has 0 unspecified atom stereocenters. The highest BCUT2D eigenvalue weighted by Crippen LogP contribution is 2.23. The lowest BCUT2D eigenvalue weighted by atomic mass is 10.1. The van der Waals surface area contributed by atoms with Crippen LogP contribution in [0.25, 0.3) is 0 Å². The Morgan fingerprint density at radius 2 is 2.13 bits per heavy atom. The van der Waals surface area contributed by atoms with E-state index in [1.54, 1.807) is 0 Å². The number of rotatable bonds is 4. The van der Waals surface area contributed by atoms with Gasteiger partial charge >= 0.3 is 0 Å². The number of thiophene rings is 1. The van der Waals surface area contributed by atoms with Crippen LogP contribution in [0, 0.1) is 0 Å². The van der Waals surface area contributed by atoms with E-state index >= 15 is 0 Å². The fraction of sp³-hybridized carbons (Fsp3) is 0.625. The summed E-state index contributed by atoms with van der Waals surface area (Å²) < 4.78 is 11.5. The van der Waals surface area contributed by atoms with Gasteiger partial charge in [-0.15, -0.1) is 11.3 Å². The Labute approximate surface area is 139 Å². The third-order valence-electron chi connectivity index (χ3n) is 4.14. The largest absolute Gasteiger partial charge is 0.375 e. The minimum atomic E-state index is -0.0705. The molecule has 2 amide bonds. The fourth-order valence-corrected chi connectivity index (χ4v) is 3.85. The van der Waals surface area contributed by atoms with E-state index in [4.69, 9.17) is 9.47 Å². The van der Waals surface area contributed by atoms with Crippen molar-refractivity contribution in [3.8, 4) is 0 Å². The molecule has 2 saturated heterocycles. The molecule has 0 aliphatic carbocycles. The molecule has 1 aromatic heterocycles. The summed E-state index contributed by atoms with van der Waals surface area (Å²) in [4.78, 5) is 27.2. The van der Waals surface area contributed by atoms with Gasteiger partial charge in [-0.2, -0.15) is 0 Å². The van der Waals surface area contributed by atoms with Crippen LogP contribution in [0.3, 0.4) is 0 Å². The summed E-state index contributed by atoms with van der Waals surface area (Å²) in [6.07, 6.45) is 2.17. The van der Waals surface area contributed by atoms with Gasteiger partial charge in [0.2, 0.25) is 5.91 Å². The van der Waals surface area contributed by atoms with Crippen LogP contribution in [0.4, 0.5) is 0 Å². The first-order valence-electron chi connectivity index (χ1n) is 7.99. The van der Waals surface area contributed by atoms with Crippen LogP contribution in [-0.2, 0) is 20.8 Å². The molecule has 0 radical (unpaired) electrons. The molecule has 1 N–H and O–H groups in total. The van der Waals surface area contributed by atoms with Gasteiger partial charge in [0.1, 0.15) is 6.10 Å². The van der Waals surface area contributed by atoms with Crippen LogP contribution in [0.15, 0.2) is 12.1 Å². The molecule has 0 aromatic carbocycles. The molecular formula is C16H22N2O4S. The van der Waals surface area contributed by atoms with Gasteiger partial charge in [-0.3, -0.25) is 9.59 Å². The minimum Gasteiger partial charge on any atom is -0.375 e. The topological polar surface area (TPSA) is 67.9 Å². The van der Waals surface area contributed by atoms with Crippen molar-refractivity contribution in [1.29, 1.82) is 0 Å². The van der Waals surface area contributed by atoms with E-state index in [-0.39, 0.29) is 24.0 Å². The smallest absolute Gasteiger partial charge is 0.264 e. The van der Waals surface area contributed by atoms with Crippen LogP contribution >= 0.6 is 11.3 Å². The monoisotopic (exact) mass is 338 g/mol. The molecule has 3 rings (SSSR count). The number of hydrogen-bond acceptors (Lipinski definition) is 5. The highest BCUT2D eigenvalue weighted by molar-refractivity contribution is 7.14. The highest BCUT2D eigenvalue weighted by Gasteiger charge is 2.33. The molecule has 0 bridgehead atoms. The van der Waals surface area contributed by atoms with Crippen LogP contribution in [0.1, 0.15) is 34.3 Å². The zero-order valence-corrected chi connectivity index (χ0v) is 14.1. The number of amides is 2. The Bertz CT molecular complexity index is 568. The highest BCUT2D eigenvalue weighted by atomic mass is 32.1. The van der Waals surface area contributed by atoms with E-state index in [1.165, 1.54) is 18.3 Å². The Morgan fingerprint density at radius 3 is 2.87 bits per heavy atom. The van der Waals surface area contributed by atoms with E-state index in [0.717, 1.165) is 24.3 Å². The maximum absolute atomic E-state index is 12.7. The molecule has 2 aliphatic heterocycles. The summed E-state index contributed by atoms with van der Waals surface area (Å²) in [5, 5.41) is 2.75. The van der Waals surface area contributed by atoms with Crippen molar-refractivity contribution in [2.45, 2.75) is 38.5 Å².